The van der Waals surface area contributed by atoms with Gasteiger partial charge in [-0.3, -0.25) is 9.78 Å². The second kappa shape index (κ2) is 8.65. The highest BCUT2D eigenvalue weighted by Gasteiger charge is 2.23. The van der Waals surface area contributed by atoms with Gasteiger partial charge >= 0.3 is 0 Å². The van der Waals surface area contributed by atoms with Crippen LogP contribution in [0.15, 0.2) is 42.9 Å². The molecule has 0 unspecified atom stereocenters. The van der Waals surface area contributed by atoms with Gasteiger partial charge in [0.15, 0.2) is 11.6 Å². The SMILES string of the molecule is Nc1ccc(-c2nc(C(=O)Cc3cnccc3N3CCC[C@H](N)C3)c(N)cc2F)cn1. The van der Waals surface area contributed by atoms with Crippen LogP contribution < -0.4 is 22.1 Å². The molecule has 3 aromatic rings. The fourth-order valence-corrected chi connectivity index (χ4v) is 3.82. The van der Waals surface area contributed by atoms with Crippen LogP contribution in [0.4, 0.5) is 21.6 Å². The molecule has 1 aliphatic rings. The van der Waals surface area contributed by atoms with Gasteiger partial charge in [0.1, 0.15) is 17.2 Å². The number of ketones is 1. The Morgan fingerprint density at radius 1 is 1.23 bits per heavy atom. The highest BCUT2D eigenvalue weighted by atomic mass is 19.1. The zero-order chi connectivity index (χ0) is 22.0. The minimum Gasteiger partial charge on any atom is -0.397 e. The van der Waals surface area contributed by atoms with Crippen molar-refractivity contribution in [1.82, 2.24) is 15.0 Å². The standard InChI is InChI=1S/C22H24FN7O/c23-16-9-17(25)22(29-21(16)13-3-4-20(26)28-11-13)19(31)8-14-10-27-6-5-18(14)30-7-1-2-15(24)12-30/h3-6,9-11,15H,1-2,7-8,12,24-25H2,(H2,26,28)/t15-/m0/s1. The Morgan fingerprint density at radius 3 is 2.81 bits per heavy atom. The molecule has 0 radical (unpaired) electrons. The molecule has 4 heterocycles. The molecular formula is C22H24FN7O. The first-order valence-electron chi connectivity index (χ1n) is 10.1. The molecule has 4 rings (SSSR count). The van der Waals surface area contributed by atoms with Crippen molar-refractivity contribution < 1.29 is 9.18 Å². The molecule has 0 bridgehead atoms. The zero-order valence-electron chi connectivity index (χ0n) is 17.0. The van der Waals surface area contributed by atoms with Crippen LogP contribution in [0.25, 0.3) is 11.3 Å². The van der Waals surface area contributed by atoms with Crippen molar-refractivity contribution in [3.8, 4) is 11.3 Å². The average molecular weight is 421 g/mol. The van der Waals surface area contributed by atoms with E-state index in [0.29, 0.717) is 11.4 Å². The Kier molecular flexibility index (Phi) is 5.77. The lowest BCUT2D eigenvalue weighted by molar-refractivity contribution is 0.0989. The molecule has 0 spiro atoms. The van der Waals surface area contributed by atoms with E-state index in [1.807, 2.05) is 6.07 Å². The number of piperidine rings is 1. The second-order valence-corrected chi connectivity index (χ2v) is 7.68. The lowest BCUT2D eigenvalue weighted by Crippen LogP contribution is -2.43. The summed E-state index contributed by atoms with van der Waals surface area (Å²) in [4.78, 5) is 27.7. The number of hydrogen-bond acceptors (Lipinski definition) is 8. The monoisotopic (exact) mass is 421 g/mol. The largest absolute Gasteiger partial charge is 0.397 e. The number of Topliss-reactive ketones (excluding diaryl/α,β-unsaturated/α-hetero) is 1. The highest BCUT2D eigenvalue weighted by molar-refractivity contribution is 6.01. The third kappa shape index (κ3) is 4.46. The lowest BCUT2D eigenvalue weighted by Gasteiger charge is -2.33. The summed E-state index contributed by atoms with van der Waals surface area (Å²) in [6.07, 6.45) is 6.77. The van der Waals surface area contributed by atoms with Crippen molar-refractivity contribution >= 4 is 23.0 Å². The smallest absolute Gasteiger partial charge is 0.187 e. The van der Waals surface area contributed by atoms with E-state index in [-0.39, 0.29) is 35.3 Å². The molecule has 160 valence electrons. The zero-order valence-corrected chi connectivity index (χ0v) is 17.0. The Hall–Kier alpha value is -3.59. The minimum atomic E-state index is -0.634. The van der Waals surface area contributed by atoms with Gasteiger partial charge in [-0.25, -0.2) is 14.4 Å². The summed E-state index contributed by atoms with van der Waals surface area (Å²) in [5, 5.41) is 0. The number of nitrogens with two attached hydrogens (primary N) is 3. The van der Waals surface area contributed by atoms with Crippen molar-refractivity contribution in [2.75, 3.05) is 29.5 Å². The van der Waals surface area contributed by atoms with Gasteiger partial charge in [-0.15, -0.1) is 0 Å². The Morgan fingerprint density at radius 2 is 2.06 bits per heavy atom. The van der Waals surface area contributed by atoms with Crippen molar-refractivity contribution in [1.29, 1.82) is 0 Å². The fraction of sp³-hybridized carbons (Fsp3) is 0.273. The molecule has 1 saturated heterocycles. The molecule has 0 amide bonds. The molecule has 31 heavy (non-hydrogen) atoms. The summed E-state index contributed by atoms with van der Waals surface area (Å²) >= 11 is 0. The van der Waals surface area contributed by atoms with Crippen molar-refractivity contribution in [3.63, 3.8) is 0 Å². The first kappa shape index (κ1) is 20.7. The van der Waals surface area contributed by atoms with Gasteiger partial charge in [0.25, 0.3) is 0 Å². The normalized spacial score (nSPS) is 16.3. The van der Waals surface area contributed by atoms with Gasteiger partial charge in [-0.1, -0.05) is 0 Å². The van der Waals surface area contributed by atoms with E-state index >= 15 is 0 Å². The number of carbonyl (C=O) groups is 1. The third-order valence-electron chi connectivity index (χ3n) is 5.36. The van der Waals surface area contributed by atoms with E-state index in [4.69, 9.17) is 17.2 Å². The molecular weight excluding hydrogens is 397 g/mol. The number of hydrogen-bond donors (Lipinski definition) is 3. The summed E-state index contributed by atoms with van der Waals surface area (Å²) in [7, 11) is 0. The summed E-state index contributed by atoms with van der Waals surface area (Å²) in [5.41, 5.74) is 19.7. The number of pyridine rings is 3. The van der Waals surface area contributed by atoms with Gasteiger partial charge < -0.3 is 22.1 Å². The molecule has 3 aromatic heterocycles. The summed E-state index contributed by atoms with van der Waals surface area (Å²) in [6.45, 7) is 1.58. The average Bonchev–Trinajstić information content (AvgIpc) is 2.75. The maximum Gasteiger partial charge on any atom is 0.187 e. The predicted octanol–water partition coefficient (Wildman–Crippen LogP) is 2.20. The number of halogens is 1. The van der Waals surface area contributed by atoms with E-state index < -0.39 is 5.82 Å². The summed E-state index contributed by atoms with van der Waals surface area (Å²) < 4.78 is 14.5. The van der Waals surface area contributed by atoms with E-state index in [2.05, 4.69) is 19.9 Å². The second-order valence-electron chi connectivity index (χ2n) is 7.68. The van der Waals surface area contributed by atoms with Crippen LogP contribution in [-0.2, 0) is 6.42 Å². The van der Waals surface area contributed by atoms with Crippen molar-refractivity contribution in [3.05, 3.63) is 59.9 Å². The number of nitrogens with zero attached hydrogens (tertiary/aromatic N) is 4. The van der Waals surface area contributed by atoms with E-state index in [9.17, 15) is 9.18 Å². The van der Waals surface area contributed by atoms with Crippen LogP contribution >= 0.6 is 0 Å². The molecule has 0 aromatic carbocycles. The Bertz CT molecular complexity index is 1100. The van der Waals surface area contributed by atoms with Crippen LogP contribution in [0.1, 0.15) is 28.9 Å². The molecule has 8 nitrogen and oxygen atoms in total. The van der Waals surface area contributed by atoms with E-state index in [0.717, 1.165) is 43.2 Å². The highest BCUT2D eigenvalue weighted by Crippen LogP contribution is 2.27. The molecule has 1 fully saturated rings. The first-order chi connectivity index (χ1) is 14.9. The molecule has 6 N–H and O–H groups in total. The summed E-state index contributed by atoms with van der Waals surface area (Å²) in [5.74, 6) is -0.653. The van der Waals surface area contributed by atoms with Gasteiger partial charge in [0.2, 0.25) is 0 Å². The molecule has 0 aliphatic carbocycles. The Balaban J connectivity index is 1.64. The molecule has 9 heteroatoms. The van der Waals surface area contributed by atoms with Gasteiger partial charge in [0, 0.05) is 67.0 Å². The number of anilines is 3. The number of carbonyl (C=O) groups excluding carboxylic acids is 1. The predicted molar refractivity (Wildman–Crippen MR) is 118 cm³/mol. The molecule has 1 aliphatic heterocycles. The van der Waals surface area contributed by atoms with Gasteiger partial charge in [-0.2, -0.15) is 0 Å². The van der Waals surface area contributed by atoms with Crippen LogP contribution in [0.5, 0.6) is 0 Å². The fourth-order valence-electron chi connectivity index (χ4n) is 3.82. The first-order valence-corrected chi connectivity index (χ1v) is 10.1. The van der Waals surface area contributed by atoms with E-state index in [1.165, 1.54) is 6.20 Å². The maximum absolute atomic E-state index is 14.5. The van der Waals surface area contributed by atoms with Crippen molar-refractivity contribution in [2.24, 2.45) is 5.73 Å². The van der Waals surface area contributed by atoms with Crippen LogP contribution in [0, 0.1) is 5.82 Å². The maximum atomic E-state index is 14.5. The topological polar surface area (TPSA) is 137 Å². The Labute approximate surface area is 179 Å². The molecule has 1 atom stereocenters. The third-order valence-corrected chi connectivity index (χ3v) is 5.36. The van der Waals surface area contributed by atoms with Crippen molar-refractivity contribution in [2.45, 2.75) is 25.3 Å². The number of rotatable bonds is 5. The summed E-state index contributed by atoms with van der Waals surface area (Å²) in [6, 6.07) is 6.22. The van der Waals surface area contributed by atoms with Crippen LogP contribution in [0.3, 0.4) is 0 Å². The quantitative estimate of drug-likeness (QED) is 0.533. The van der Waals surface area contributed by atoms with Crippen LogP contribution in [-0.4, -0.2) is 39.9 Å². The van der Waals surface area contributed by atoms with Gasteiger partial charge in [-0.05, 0) is 31.0 Å². The van der Waals surface area contributed by atoms with E-state index in [1.54, 1.807) is 24.5 Å². The molecule has 0 saturated carbocycles. The lowest BCUT2D eigenvalue weighted by atomic mass is 10.0. The number of aromatic nitrogens is 3. The van der Waals surface area contributed by atoms with Gasteiger partial charge in [0.05, 0.1) is 5.69 Å². The minimum absolute atomic E-state index is 0.00142. The number of nitrogen functional groups attached to an aromatic ring is 2. The van der Waals surface area contributed by atoms with Crippen LogP contribution in [0.2, 0.25) is 0 Å².